The van der Waals surface area contributed by atoms with Gasteiger partial charge in [0.05, 0.1) is 6.21 Å². The van der Waals surface area contributed by atoms with E-state index in [0.29, 0.717) is 28.4 Å². The lowest BCUT2D eigenvalue weighted by molar-refractivity contribution is 0.575. The number of hydrogen-bond acceptors (Lipinski definition) is 8. The van der Waals surface area contributed by atoms with Crippen LogP contribution in [0.25, 0.3) is 11.3 Å². The number of halogens is 1. The zero-order valence-electron chi connectivity index (χ0n) is 18.4. The van der Waals surface area contributed by atoms with Crippen molar-refractivity contribution in [1.82, 2.24) is 15.0 Å². The molecule has 0 radical (unpaired) electrons. The van der Waals surface area contributed by atoms with Crippen LogP contribution in [0.3, 0.4) is 0 Å². The highest BCUT2D eigenvalue weighted by atomic mass is 35.5. The molecule has 172 valence electrons. The summed E-state index contributed by atoms with van der Waals surface area (Å²) < 4.78 is 5.84. The van der Waals surface area contributed by atoms with E-state index < -0.39 is 0 Å². The largest absolute Gasteiger partial charge is 0.455 e. The van der Waals surface area contributed by atoms with Gasteiger partial charge in [-0.15, -0.1) is 0 Å². The van der Waals surface area contributed by atoms with E-state index in [1.165, 1.54) is 0 Å². The van der Waals surface area contributed by atoms with E-state index in [1.54, 1.807) is 6.21 Å². The minimum absolute atomic E-state index is 0.262. The molecule has 9 heteroatoms. The van der Waals surface area contributed by atoms with E-state index in [0.717, 1.165) is 16.9 Å². The molecule has 0 saturated heterocycles. The third-order valence-corrected chi connectivity index (χ3v) is 5.06. The highest BCUT2D eigenvalue weighted by molar-refractivity contribution is 6.30. The number of hydrogen-bond donors (Lipinski definition) is 3. The van der Waals surface area contributed by atoms with Gasteiger partial charge in [0.2, 0.25) is 17.8 Å². The number of rotatable bonds is 8. The maximum absolute atomic E-state index is 5.96. The molecule has 0 aliphatic rings. The van der Waals surface area contributed by atoms with Gasteiger partial charge in [0.1, 0.15) is 11.5 Å². The van der Waals surface area contributed by atoms with Crippen molar-refractivity contribution in [2.24, 2.45) is 5.10 Å². The Labute approximate surface area is 206 Å². The molecular formula is C26H20ClN7O. The molecule has 0 amide bonds. The summed E-state index contributed by atoms with van der Waals surface area (Å²) in [6.07, 6.45) is 1.55. The van der Waals surface area contributed by atoms with Gasteiger partial charge in [-0.05, 0) is 60.7 Å². The molecule has 0 saturated carbocycles. The van der Waals surface area contributed by atoms with Gasteiger partial charge in [-0.3, -0.25) is 0 Å². The van der Waals surface area contributed by atoms with Gasteiger partial charge in [-0.2, -0.15) is 20.1 Å². The smallest absolute Gasteiger partial charge is 0.250 e. The van der Waals surface area contributed by atoms with Crippen LogP contribution in [0.2, 0.25) is 5.02 Å². The van der Waals surface area contributed by atoms with Gasteiger partial charge in [-0.1, -0.05) is 48.0 Å². The van der Waals surface area contributed by atoms with Crippen molar-refractivity contribution in [3.05, 3.63) is 108 Å². The lowest BCUT2D eigenvalue weighted by Gasteiger charge is -2.10. The molecule has 3 aromatic carbocycles. The average Bonchev–Trinajstić information content (AvgIpc) is 3.35. The molecule has 2 heterocycles. The Kier molecular flexibility index (Phi) is 6.63. The quantitative estimate of drug-likeness (QED) is 0.167. The fourth-order valence-electron chi connectivity index (χ4n) is 3.18. The first kappa shape index (κ1) is 22.1. The van der Waals surface area contributed by atoms with E-state index in [1.807, 2.05) is 97.1 Å². The summed E-state index contributed by atoms with van der Waals surface area (Å²) in [7, 11) is 0. The van der Waals surface area contributed by atoms with E-state index in [2.05, 4.69) is 36.1 Å². The predicted molar refractivity (Wildman–Crippen MR) is 140 cm³/mol. The number of benzene rings is 3. The Bertz CT molecular complexity index is 1360. The number of nitrogens with zero attached hydrogens (tertiary/aromatic N) is 4. The fourth-order valence-corrected chi connectivity index (χ4v) is 3.31. The summed E-state index contributed by atoms with van der Waals surface area (Å²) in [5.41, 5.74) is 5.48. The van der Waals surface area contributed by atoms with Crippen LogP contribution in [0, 0.1) is 0 Å². The average molecular weight is 482 g/mol. The highest BCUT2D eigenvalue weighted by Crippen LogP contribution is 2.23. The van der Waals surface area contributed by atoms with Crippen LogP contribution in [0.1, 0.15) is 5.76 Å². The van der Waals surface area contributed by atoms with Crippen molar-refractivity contribution in [1.29, 1.82) is 0 Å². The van der Waals surface area contributed by atoms with Crippen molar-refractivity contribution in [3.63, 3.8) is 0 Å². The first-order valence-electron chi connectivity index (χ1n) is 10.8. The van der Waals surface area contributed by atoms with Crippen molar-refractivity contribution in [2.75, 3.05) is 16.1 Å². The number of aromatic nitrogens is 3. The fraction of sp³-hybridized carbons (Fsp3) is 0. The summed E-state index contributed by atoms with van der Waals surface area (Å²) in [4.78, 5) is 13.3. The van der Waals surface area contributed by atoms with Crippen LogP contribution in [0.15, 0.2) is 107 Å². The molecular weight excluding hydrogens is 462 g/mol. The second kappa shape index (κ2) is 10.5. The third kappa shape index (κ3) is 6.01. The number of nitrogens with one attached hydrogen (secondary N) is 3. The normalized spacial score (nSPS) is 10.9. The molecule has 35 heavy (non-hydrogen) atoms. The molecule has 8 nitrogen and oxygen atoms in total. The SMILES string of the molecule is Clc1ccc(-c2ccc(C=NNc3nc(Nc4ccccc4)nc(Nc4ccccc4)n3)o2)cc1. The monoisotopic (exact) mass is 481 g/mol. The predicted octanol–water partition coefficient (Wildman–Crippen LogP) is 6.72. The summed E-state index contributed by atoms with van der Waals surface area (Å²) in [6, 6.07) is 30.4. The van der Waals surface area contributed by atoms with Gasteiger partial charge in [0.25, 0.3) is 0 Å². The van der Waals surface area contributed by atoms with Gasteiger partial charge in [0.15, 0.2) is 0 Å². The minimum Gasteiger partial charge on any atom is -0.455 e. The maximum Gasteiger partial charge on any atom is 0.250 e. The van der Waals surface area contributed by atoms with Crippen LogP contribution in [-0.2, 0) is 0 Å². The van der Waals surface area contributed by atoms with Crippen LogP contribution in [0.4, 0.5) is 29.2 Å². The Hall–Kier alpha value is -4.69. The van der Waals surface area contributed by atoms with Crippen molar-refractivity contribution >= 4 is 47.0 Å². The Morgan fingerprint density at radius 2 is 1.23 bits per heavy atom. The van der Waals surface area contributed by atoms with Crippen LogP contribution >= 0.6 is 11.6 Å². The molecule has 0 aliphatic heterocycles. The summed E-state index contributed by atoms with van der Waals surface area (Å²) in [5, 5.41) is 11.3. The molecule has 2 aromatic heterocycles. The molecule has 0 unspecified atom stereocenters. The molecule has 0 aliphatic carbocycles. The second-order valence-electron chi connectivity index (χ2n) is 7.37. The minimum atomic E-state index is 0.262. The van der Waals surface area contributed by atoms with Crippen LogP contribution < -0.4 is 16.1 Å². The summed E-state index contributed by atoms with van der Waals surface area (Å²) in [5.74, 6) is 2.28. The standard InChI is InChI=1S/C26H20ClN7O/c27-19-13-11-18(12-14-19)23-16-15-22(35-23)17-28-34-26-32-24(29-20-7-3-1-4-8-20)31-25(33-26)30-21-9-5-2-6-10-21/h1-17H,(H3,29,30,31,32,33,34). The van der Waals surface area contributed by atoms with Crippen molar-refractivity contribution < 1.29 is 4.42 Å². The Morgan fingerprint density at radius 3 is 1.83 bits per heavy atom. The van der Waals surface area contributed by atoms with E-state index in [-0.39, 0.29) is 5.95 Å². The first-order valence-corrected chi connectivity index (χ1v) is 11.1. The third-order valence-electron chi connectivity index (χ3n) is 4.81. The van der Waals surface area contributed by atoms with Crippen molar-refractivity contribution in [2.45, 2.75) is 0 Å². The van der Waals surface area contributed by atoms with E-state index in [4.69, 9.17) is 16.0 Å². The maximum atomic E-state index is 5.96. The van der Waals surface area contributed by atoms with Gasteiger partial charge < -0.3 is 15.1 Å². The number of hydrazone groups is 1. The zero-order chi connectivity index (χ0) is 23.9. The van der Waals surface area contributed by atoms with Gasteiger partial charge in [0, 0.05) is 22.0 Å². The van der Waals surface area contributed by atoms with E-state index >= 15 is 0 Å². The Balaban J connectivity index is 1.34. The highest BCUT2D eigenvalue weighted by Gasteiger charge is 2.08. The molecule has 0 atom stereocenters. The second-order valence-corrected chi connectivity index (χ2v) is 7.80. The van der Waals surface area contributed by atoms with Crippen molar-refractivity contribution in [3.8, 4) is 11.3 Å². The number of para-hydroxylation sites is 2. The molecule has 0 spiro atoms. The zero-order valence-corrected chi connectivity index (χ0v) is 19.1. The number of furan rings is 1. The molecule has 3 N–H and O–H groups in total. The molecule has 5 aromatic rings. The topological polar surface area (TPSA) is 100 Å². The van der Waals surface area contributed by atoms with Crippen LogP contribution in [-0.4, -0.2) is 21.2 Å². The van der Waals surface area contributed by atoms with E-state index in [9.17, 15) is 0 Å². The first-order chi connectivity index (χ1) is 17.2. The lowest BCUT2D eigenvalue weighted by atomic mass is 10.2. The summed E-state index contributed by atoms with van der Waals surface area (Å²) >= 11 is 5.96. The van der Waals surface area contributed by atoms with Crippen LogP contribution in [0.5, 0.6) is 0 Å². The van der Waals surface area contributed by atoms with Gasteiger partial charge in [-0.25, -0.2) is 5.43 Å². The Morgan fingerprint density at radius 1 is 0.657 bits per heavy atom. The molecule has 0 fully saturated rings. The molecule has 5 rings (SSSR count). The molecule has 0 bridgehead atoms. The number of anilines is 5. The summed E-state index contributed by atoms with van der Waals surface area (Å²) in [6.45, 7) is 0. The lowest BCUT2D eigenvalue weighted by Crippen LogP contribution is -2.07. The van der Waals surface area contributed by atoms with Gasteiger partial charge >= 0.3 is 0 Å².